The summed E-state index contributed by atoms with van der Waals surface area (Å²) in [6.07, 6.45) is 0.575. The Kier molecular flexibility index (Phi) is 4.87. The lowest BCUT2D eigenvalue weighted by atomic mass is 10.5. The summed E-state index contributed by atoms with van der Waals surface area (Å²) in [6, 6.07) is 0. The van der Waals surface area contributed by atoms with Crippen LogP contribution in [0, 0.1) is 4.91 Å². The van der Waals surface area contributed by atoms with Crippen LogP contribution in [0.1, 0.15) is 6.42 Å². The first kappa shape index (κ1) is 6.36. The van der Waals surface area contributed by atoms with Crippen LogP contribution in [0.5, 0.6) is 0 Å². The lowest BCUT2D eigenvalue weighted by molar-refractivity contribution is 0.286. The second kappa shape index (κ2) is 5.36. The first-order chi connectivity index (χ1) is 3.41. The molecular weight excluding hydrogens is 96.0 g/mol. The zero-order valence-corrected chi connectivity index (χ0v) is 3.92. The Labute approximate surface area is 41.5 Å². The normalized spacial score (nSPS) is 8.14. The minimum atomic E-state index is 0.0997. The van der Waals surface area contributed by atoms with E-state index in [1.54, 1.807) is 0 Å². The van der Waals surface area contributed by atoms with Crippen LogP contribution < -0.4 is 5.43 Å². The van der Waals surface area contributed by atoms with Crippen molar-refractivity contribution in [2.24, 2.45) is 5.29 Å². The van der Waals surface area contributed by atoms with Crippen molar-refractivity contribution in [3.63, 3.8) is 0 Å². The Morgan fingerprint density at radius 1 is 1.71 bits per heavy atom. The predicted octanol–water partition coefficient (Wildman–Crippen LogP) is -0.360. The van der Waals surface area contributed by atoms with Gasteiger partial charge in [-0.2, -0.15) is 0 Å². The first-order valence-corrected chi connectivity index (χ1v) is 2.08. The highest BCUT2D eigenvalue weighted by Crippen LogP contribution is 1.68. The molecule has 0 radical (unpaired) electrons. The van der Waals surface area contributed by atoms with Gasteiger partial charge in [-0.3, -0.25) is 5.43 Å². The highest BCUT2D eigenvalue weighted by molar-refractivity contribution is 4.35. The van der Waals surface area contributed by atoms with Crippen LogP contribution in [0.25, 0.3) is 0 Å². The van der Waals surface area contributed by atoms with Gasteiger partial charge in [0.25, 0.3) is 0 Å². The fourth-order valence-electron chi connectivity index (χ4n) is 0.204. The van der Waals surface area contributed by atoms with Gasteiger partial charge in [-0.05, 0) is 6.42 Å². The van der Waals surface area contributed by atoms with E-state index < -0.39 is 0 Å². The number of rotatable bonds is 4. The van der Waals surface area contributed by atoms with Crippen molar-refractivity contribution in [2.45, 2.75) is 6.42 Å². The molecule has 2 N–H and O–H groups in total. The van der Waals surface area contributed by atoms with E-state index >= 15 is 0 Å². The SMILES string of the molecule is O=NNCCCO. The molecule has 0 spiro atoms. The summed E-state index contributed by atoms with van der Waals surface area (Å²) < 4.78 is 0. The molecule has 0 fully saturated rings. The monoisotopic (exact) mass is 104 g/mol. The molecule has 0 aromatic heterocycles. The van der Waals surface area contributed by atoms with Gasteiger partial charge < -0.3 is 5.11 Å². The number of hydrogen-bond donors (Lipinski definition) is 2. The first-order valence-electron chi connectivity index (χ1n) is 2.08. The van der Waals surface area contributed by atoms with Crippen molar-refractivity contribution < 1.29 is 5.11 Å². The van der Waals surface area contributed by atoms with E-state index in [2.05, 4.69) is 10.7 Å². The van der Waals surface area contributed by atoms with Gasteiger partial charge in [0.1, 0.15) is 0 Å². The molecule has 0 amide bonds. The fraction of sp³-hybridized carbons (Fsp3) is 1.00. The van der Waals surface area contributed by atoms with Crippen LogP contribution in [-0.2, 0) is 0 Å². The minimum Gasteiger partial charge on any atom is -0.396 e. The van der Waals surface area contributed by atoms with Crippen molar-refractivity contribution in [3.05, 3.63) is 4.91 Å². The molecule has 0 aliphatic rings. The quantitative estimate of drug-likeness (QED) is 0.291. The molecule has 7 heavy (non-hydrogen) atoms. The van der Waals surface area contributed by atoms with E-state index in [9.17, 15) is 4.91 Å². The molecule has 0 bridgehead atoms. The molecule has 0 unspecified atom stereocenters. The van der Waals surface area contributed by atoms with Crippen LogP contribution in [0.4, 0.5) is 0 Å². The average Bonchev–Trinajstić information content (AvgIpc) is 1.69. The summed E-state index contributed by atoms with van der Waals surface area (Å²) in [5.41, 5.74) is 2.16. The van der Waals surface area contributed by atoms with Crippen LogP contribution in [0.15, 0.2) is 5.29 Å². The van der Waals surface area contributed by atoms with E-state index in [0.717, 1.165) is 0 Å². The number of aliphatic hydroxyl groups is 1. The van der Waals surface area contributed by atoms with E-state index in [0.29, 0.717) is 13.0 Å². The molecule has 0 aliphatic carbocycles. The predicted molar refractivity (Wildman–Crippen MR) is 25.5 cm³/mol. The van der Waals surface area contributed by atoms with Crippen molar-refractivity contribution in [1.82, 2.24) is 5.43 Å². The molecule has 4 heteroatoms. The third-order valence-electron chi connectivity index (χ3n) is 0.511. The van der Waals surface area contributed by atoms with Gasteiger partial charge in [-0.15, -0.1) is 4.91 Å². The summed E-state index contributed by atoms with van der Waals surface area (Å²) >= 11 is 0. The summed E-state index contributed by atoms with van der Waals surface area (Å²) in [5.74, 6) is 0. The fourth-order valence-corrected chi connectivity index (χ4v) is 0.204. The van der Waals surface area contributed by atoms with Crippen LogP contribution in [-0.4, -0.2) is 18.3 Å². The molecule has 42 valence electrons. The largest absolute Gasteiger partial charge is 0.396 e. The lowest BCUT2D eigenvalue weighted by Gasteiger charge is -1.88. The number of hydrogen-bond acceptors (Lipinski definition) is 3. The van der Waals surface area contributed by atoms with Crippen LogP contribution in [0.2, 0.25) is 0 Å². The van der Waals surface area contributed by atoms with Crippen molar-refractivity contribution >= 4 is 0 Å². The third-order valence-corrected chi connectivity index (χ3v) is 0.511. The van der Waals surface area contributed by atoms with Gasteiger partial charge in [0.05, 0.1) is 0 Å². The minimum absolute atomic E-state index is 0.0997. The van der Waals surface area contributed by atoms with Gasteiger partial charge in [0.15, 0.2) is 0 Å². The topological polar surface area (TPSA) is 61.7 Å². The molecule has 0 aromatic rings. The van der Waals surface area contributed by atoms with Gasteiger partial charge in [0, 0.05) is 18.4 Å². The number of aliphatic hydroxyl groups excluding tert-OH is 1. The number of nitrogens with zero attached hydrogens (tertiary/aromatic N) is 1. The second-order valence-electron chi connectivity index (χ2n) is 1.08. The Morgan fingerprint density at radius 3 is 2.86 bits per heavy atom. The van der Waals surface area contributed by atoms with Crippen molar-refractivity contribution in [2.75, 3.05) is 13.2 Å². The summed E-state index contributed by atoms with van der Waals surface area (Å²) in [4.78, 5) is 9.24. The van der Waals surface area contributed by atoms with E-state index in [4.69, 9.17) is 5.11 Å². The third kappa shape index (κ3) is 5.36. The maximum Gasteiger partial charge on any atom is 0.0496 e. The van der Waals surface area contributed by atoms with Gasteiger partial charge >= 0.3 is 0 Å². The highest BCUT2D eigenvalue weighted by Gasteiger charge is 1.78. The molecule has 0 rings (SSSR count). The summed E-state index contributed by atoms with van der Waals surface area (Å²) in [7, 11) is 0. The standard InChI is InChI=1S/C3H8N2O2/c6-3-1-2-4-5-7/h6H,1-3H2,(H,4,7). The Morgan fingerprint density at radius 2 is 2.43 bits per heavy atom. The van der Waals surface area contributed by atoms with E-state index in [1.807, 2.05) is 0 Å². The molecule has 0 aromatic carbocycles. The molecule has 0 saturated heterocycles. The smallest absolute Gasteiger partial charge is 0.0496 e. The number of nitrogens with one attached hydrogen (secondary N) is 1. The summed E-state index contributed by atoms with van der Waals surface area (Å²) in [6.45, 7) is 0.558. The van der Waals surface area contributed by atoms with Crippen molar-refractivity contribution in [3.8, 4) is 0 Å². The zero-order chi connectivity index (χ0) is 5.54. The average molecular weight is 104 g/mol. The van der Waals surface area contributed by atoms with Crippen molar-refractivity contribution in [1.29, 1.82) is 0 Å². The zero-order valence-electron chi connectivity index (χ0n) is 3.92. The molecule has 4 nitrogen and oxygen atoms in total. The maximum absolute atomic E-state index is 9.24. The highest BCUT2D eigenvalue weighted by atomic mass is 16.3. The van der Waals surface area contributed by atoms with E-state index in [1.165, 1.54) is 0 Å². The Balaban J connectivity index is 2.56. The Hall–Kier alpha value is -0.640. The second-order valence-corrected chi connectivity index (χ2v) is 1.08. The molecule has 0 saturated carbocycles. The molecular formula is C3H8N2O2. The van der Waals surface area contributed by atoms with E-state index in [-0.39, 0.29) is 6.61 Å². The molecule has 0 aliphatic heterocycles. The van der Waals surface area contributed by atoms with Crippen LogP contribution in [0.3, 0.4) is 0 Å². The Bertz CT molecular complexity index is 48.2. The summed E-state index contributed by atoms with van der Waals surface area (Å²) in [5, 5.41) is 10.5. The van der Waals surface area contributed by atoms with Gasteiger partial charge in [-0.1, -0.05) is 0 Å². The molecule has 0 atom stereocenters. The number of nitroso groups, excluding NO2 is 1. The maximum atomic E-state index is 9.24. The molecule has 0 heterocycles. The van der Waals surface area contributed by atoms with Crippen LogP contribution >= 0.6 is 0 Å². The lowest BCUT2D eigenvalue weighted by Crippen LogP contribution is -2.06. The van der Waals surface area contributed by atoms with Gasteiger partial charge in [0.2, 0.25) is 0 Å². The van der Waals surface area contributed by atoms with Gasteiger partial charge in [-0.25, -0.2) is 0 Å².